The summed E-state index contributed by atoms with van der Waals surface area (Å²) in [5.41, 5.74) is 0. The SMILES string of the molecule is [Cl][Cu][C]1=CCCC=CCC1. The Bertz CT molecular complexity index is 149. The fraction of sp³-hybridized carbons (Fsp3) is 0.500. The molecule has 0 heterocycles. The van der Waals surface area contributed by atoms with Crippen molar-refractivity contribution in [3.8, 4) is 0 Å². The van der Waals surface area contributed by atoms with Crippen LogP contribution >= 0.6 is 10.1 Å². The van der Waals surface area contributed by atoms with Crippen molar-refractivity contribution in [1.29, 1.82) is 0 Å². The summed E-state index contributed by atoms with van der Waals surface area (Å²) in [6.45, 7) is 0. The van der Waals surface area contributed by atoms with Gasteiger partial charge in [0, 0.05) is 0 Å². The van der Waals surface area contributed by atoms with E-state index in [1.807, 2.05) is 0 Å². The Morgan fingerprint density at radius 3 is 2.80 bits per heavy atom. The first-order valence-corrected chi connectivity index (χ1v) is 5.23. The van der Waals surface area contributed by atoms with Crippen LogP contribution in [0.3, 0.4) is 0 Å². The Morgan fingerprint density at radius 1 is 1.20 bits per heavy atom. The molecule has 0 radical (unpaired) electrons. The predicted molar refractivity (Wildman–Crippen MR) is 41.5 cm³/mol. The van der Waals surface area contributed by atoms with Crippen LogP contribution in [0.2, 0.25) is 0 Å². The number of halogens is 1. The van der Waals surface area contributed by atoms with E-state index in [-0.39, 0.29) is 0 Å². The molecular weight excluding hydrogens is 195 g/mol. The normalized spacial score (nSPS) is 19.9. The second kappa shape index (κ2) is 5.01. The molecule has 0 atom stereocenters. The first-order valence-electron chi connectivity index (χ1n) is 3.47. The molecule has 0 aromatic heterocycles. The monoisotopic (exact) mass is 205 g/mol. The van der Waals surface area contributed by atoms with Crippen LogP contribution < -0.4 is 0 Å². The fourth-order valence-electron chi connectivity index (χ4n) is 0.925. The molecule has 0 amide bonds. The molecule has 0 aromatic rings. The van der Waals surface area contributed by atoms with Crippen molar-refractivity contribution >= 4 is 10.1 Å². The average molecular weight is 206 g/mol. The zero-order valence-electron chi connectivity index (χ0n) is 5.74. The van der Waals surface area contributed by atoms with Gasteiger partial charge >= 0.3 is 72.5 Å². The van der Waals surface area contributed by atoms with Crippen molar-refractivity contribution < 1.29 is 14.0 Å². The van der Waals surface area contributed by atoms with Gasteiger partial charge in [0.1, 0.15) is 0 Å². The third-order valence-electron chi connectivity index (χ3n) is 1.45. The number of hydrogen-bond acceptors (Lipinski definition) is 0. The average Bonchev–Trinajstić information content (AvgIpc) is 1.87. The van der Waals surface area contributed by atoms with Crippen molar-refractivity contribution in [3.05, 3.63) is 22.7 Å². The molecule has 0 aliphatic heterocycles. The molecule has 2 heteroatoms. The maximum absolute atomic E-state index is 5.62. The molecule has 1 aliphatic carbocycles. The zero-order chi connectivity index (χ0) is 7.23. The summed E-state index contributed by atoms with van der Waals surface area (Å²) >= 11 is 1.45. The van der Waals surface area contributed by atoms with Gasteiger partial charge in [-0.15, -0.1) is 0 Å². The van der Waals surface area contributed by atoms with Crippen LogP contribution in [0.5, 0.6) is 0 Å². The molecule has 0 N–H and O–H groups in total. The van der Waals surface area contributed by atoms with Gasteiger partial charge in [-0.05, 0) is 0 Å². The third-order valence-corrected chi connectivity index (χ3v) is 2.71. The van der Waals surface area contributed by atoms with Crippen molar-refractivity contribution in [3.63, 3.8) is 0 Å². The molecule has 61 valence electrons. The maximum atomic E-state index is 5.62. The van der Waals surface area contributed by atoms with Gasteiger partial charge in [0.05, 0.1) is 0 Å². The molecule has 0 fully saturated rings. The minimum absolute atomic E-state index is 1.11. The molecule has 1 aliphatic rings. The van der Waals surface area contributed by atoms with E-state index in [1.165, 1.54) is 24.9 Å². The molecular formula is C8H11ClCu. The topological polar surface area (TPSA) is 0 Å². The molecule has 0 saturated carbocycles. The fourth-order valence-corrected chi connectivity index (χ4v) is 1.79. The van der Waals surface area contributed by atoms with E-state index in [1.54, 1.807) is 0 Å². The molecule has 0 unspecified atom stereocenters. The summed E-state index contributed by atoms with van der Waals surface area (Å²) in [5.74, 6) is 0. The van der Waals surface area contributed by atoms with Crippen molar-refractivity contribution in [1.82, 2.24) is 0 Å². The standard InChI is InChI=1S/C8H11.ClH.Cu/c1-2-4-6-8-7-5-3-1;;/h1-2,7H,3-6H2;1H;/q;;+1/p-1. The van der Waals surface area contributed by atoms with Crippen LogP contribution in [0.15, 0.2) is 22.7 Å². The first-order chi connectivity index (χ1) is 4.93. The molecule has 0 spiro atoms. The summed E-state index contributed by atoms with van der Waals surface area (Å²) < 4.78 is 1.31. The van der Waals surface area contributed by atoms with E-state index in [4.69, 9.17) is 10.1 Å². The van der Waals surface area contributed by atoms with E-state index >= 15 is 0 Å². The predicted octanol–water partition coefficient (Wildman–Crippen LogP) is 3.24. The minimum atomic E-state index is 1.11. The van der Waals surface area contributed by atoms with Gasteiger partial charge in [-0.2, -0.15) is 0 Å². The van der Waals surface area contributed by atoms with Crippen LogP contribution in [-0.4, -0.2) is 0 Å². The van der Waals surface area contributed by atoms with Gasteiger partial charge in [0.15, 0.2) is 0 Å². The Hall–Kier alpha value is 0.289. The summed E-state index contributed by atoms with van der Waals surface area (Å²) in [5, 5.41) is 0. The molecule has 10 heavy (non-hydrogen) atoms. The summed E-state index contributed by atoms with van der Waals surface area (Å²) in [6.07, 6.45) is 11.3. The molecule has 1 rings (SSSR count). The van der Waals surface area contributed by atoms with Crippen LogP contribution in [0.4, 0.5) is 0 Å². The van der Waals surface area contributed by atoms with Gasteiger partial charge < -0.3 is 0 Å². The van der Waals surface area contributed by atoms with E-state index in [0.717, 1.165) is 19.3 Å². The third kappa shape index (κ3) is 2.92. The van der Waals surface area contributed by atoms with E-state index in [0.29, 0.717) is 0 Å². The second-order valence-electron chi connectivity index (χ2n) is 2.25. The number of hydrogen-bond donors (Lipinski definition) is 0. The molecule has 0 aromatic carbocycles. The summed E-state index contributed by atoms with van der Waals surface area (Å²) in [4.78, 5) is 0. The second-order valence-corrected chi connectivity index (χ2v) is 3.50. The van der Waals surface area contributed by atoms with E-state index in [9.17, 15) is 0 Å². The summed E-state index contributed by atoms with van der Waals surface area (Å²) in [7, 11) is 5.62. The quantitative estimate of drug-likeness (QED) is 0.456. The van der Waals surface area contributed by atoms with E-state index in [2.05, 4.69) is 18.2 Å². The van der Waals surface area contributed by atoms with Gasteiger partial charge in [-0.25, -0.2) is 0 Å². The van der Waals surface area contributed by atoms with Crippen LogP contribution in [-0.2, 0) is 14.0 Å². The molecule has 0 saturated heterocycles. The van der Waals surface area contributed by atoms with Crippen LogP contribution in [0.1, 0.15) is 25.7 Å². The van der Waals surface area contributed by atoms with Crippen LogP contribution in [0, 0.1) is 0 Å². The van der Waals surface area contributed by atoms with Gasteiger partial charge in [-0.3, -0.25) is 0 Å². The number of rotatable bonds is 1. The van der Waals surface area contributed by atoms with E-state index < -0.39 is 0 Å². The van der Waals surface area contributed by atoms with Crippen molar-refractivity contribution in [2.24, 2.45) is 0 Å². The Labute approximate surface area is 72.7 Å². The Kier molecular flexibility index (Phi) is 4.20. The Balaban J connectivity index is 2.41. The van der Waals surface area contributed by atoms with Gasteiger partial charge in [0.25, 0.3) is 0 Å². The van der Waals surface area contributed by atoms with Crippen LogP contribution in [0.25, 0.3) is 0 Å². The van der Waals surface area contributed by atoms with Gasteiger partial charge in [0.2, 0.25) is 0 Å². The molecule has 0 nitrogen and oxygen atoms in total. The van der Waals surface area contributed by atoms with Crippen molar-refractivity contribution in [2.75, 3.05) is 0 Å². The Morgan fingerprint density at radius 2 is 2.00 bits per heavy atom. The summed E-state index contributed by atoms with van der Waals surface area (Å²) in [6, 6.07) is 0. The van der Waals surface area contributed by atoms with Gasteiger partial charge in [-0.1, -0.05) is 0 Å². The number of allylic oxidation sites excluding steroid dienone is 4. The molecule has 0 bridgehead atoms. The zero-order valence-corrected chi connectivity index (χ0v) is 7.44. The first kappa shape index (κ1) is 8.39. The van der Waals surface area contributed by atoms with Crippen molar-refractivity contribution in [2.45, 2.75) is 25.7 Å².